The van der Waals surface area contributed by atoms with Crippen LogP contribution in [-0.4, -0.2) is 34.0 Å². The Hall–Kier alpha value is -3.16. The van der Waals surface area contributed by atoms with Crippen molar-refractivity contribution in [2.24, 2.45) is 5.92 Å². The van der Waals surface area contributed by atoms with Crippen molar-refractivity contribution in [2.45, 2.75) is 26.2 Å². The first-order valence-electron chi connectivity index (χ1n) is 7.64. The van der Waals surface area contributed by atoms with Gasteiger partial charge in [0.25, 0.3) is 11.8 Å². The topological polar surface area (TPSA) is 124 Å². The van der Waals surface area contributed by atoms with Crippen molar-refractivity contribution in [1.82, 2.24) is 5.43 Å². The zero-order valence-electron chi connectivity index (χ0n) is 13.8. The van der Waals surface area contributed by atoms with Gasteiger partial charge in [0, 0.05) is 0 Å². The van der Waals surface area contributed by atoms with Gasteiger partial charge >= 0.3 is 11.9 Å². The highest BCUT2D eigenvalue weighted by molar-refractivity contribution is 6.14. The van der Waals surface area contributed by atoms with E-state index in [2.05, 4.69) is 12.0 Å². The van der Waals surface area contributed by atoms with E-state index in [0.717, 1.165) is 12.8 Å². The maximum atomic E-state index is 12.1. The third kappa shape index (κ3) is 5.45. The molecule has 0 radical (unpaired) electrons. The Bertz CT molecular complexity index is 655. The van der Waals surface area contributed by atoms with E-state index in [1.807, 2.05) is 25.1 Å². The fourth-order valence-electron chi connectivity index (χ4n) is 2.03. The molecule has 1 fully saturated rings. The lowest BCUT2D eigenvalue weighted by Gasteiger charge is -2.14. The Morgan fingerprint density at radius 2 is 1.72 bits per heavy atom. The zero-order chi connectivity index (χ0) is 19.0. The normalized spacial score (nSPS) is 15.9. The molecule has 1 aliphatic rings. The summed E-state index contributed by atoms with van der Waals surface area (Å²) in [5.74, 6) is -3.85. The van der Waals surface area contributed by atoms with E-state index in [0.29, 0.717) is 12.1 Å². The van der Waals surface area contributed by atoms with E-state index in [4.69, 9.17) is 10.2 Å². The summed E-state index contributed by atoms with van der Waals surface area (Å²) in [6, 6.07) is 9.17. The predicted octanol–water partition coefficient (Wildman–Crippen LogP) is 1.58. The van der Waals surface area contributed by atoms with Crippen molar-refractivity contribution in [3.8, 4) is 0 Å². The molecule has 0 aliphatic carbocycles. The smallest absolute Gasteiger partial charge is 0.342 e. The van der Waals surface area contributed by atoms with Crippen LogP contribution >= 0.6 is 0 Å². The molecule has 8 heteroatoms. The Kier molecular flexibility index (Phi) is 7.33. The van der Waals surface area contributed by atoms with Crippen LogP contribution < -0.4 is 10.4 Å². The Balaban J connectivity index is 0.000000333. The van der Waals surface area contributed by atoms with Crippen molar-refractivity contribution < 1.29 is 29.4 Å². The van der Waals surface area contributed by atoms with Crippen molar-refractivity contribution in [3.63, 3.8) is 0 Å². The average molecular weight is 348 g/mol. The number of hydrogen-bond donors (Lipinski definition) is 3. The minimum atomic E-state index is -1.50. The second-order valence-corrected chi connectivity index (χ2v) is 5.27. The second kappa shape index (κ2) is 9.21. The van der Waals surface area contributed by atoms with E-state index in [9.17, 15) is 19.2 Å². The number of carboxylic acid groups (broad SMARTS) is 2. The maximum Gasteiger partial charge on any atom is 0.342 e. The minimum Gasteiger partial charge on any atom is -0.477 e. The molecule has 1 aromatic carbocycles. The molecule has 1 saturated heterocycles. The standard InChI is InChI=1S/C13H16N2O2.C4H4O4/c1-2-3-9-11-12(16)14-15(13(11)17)10-7-5-4-6-8-10;1-2(3(5)6)4(7)8/h4-8,11H,2-3,9H2,1H3,(H,14,16);1H2,(H,5,6)(H,7,8). The first kappa shape index (κ1) is 19.9. The van der Waals surface area contributed by atoms with Crippen LogP contribution in [0.3, 0.4) is 0 Å². The first-order valence-corrected chi connectivity index (χ1v) is 7.64. The van der Waals surface area contributed by atoms with E-state index in [1.54, 1.807) is 12.1 Å². The van der Waals surface area contributed by atoms with Crippen molar-refractivity contribution in [1.29, 1.82) is 0 Å². The number of carbonyl (C=O) groups excluding carboxylic acids is 2. The molecule has 8 nitrogen and oxygen atoms in total. The summed E-state index contributed by atoms with van der Waals surface area (Å²) in [6.07, 6.45) is 2.51. The van der Waals surface area contributed by atoms with E-state index in [-0.39, 0.29) is 11.8 Å². The van der Waals surface area contributed by atoms with Gasteiger partial charge in [-0.1, -0.05) is 44.5 Å². The monoisotopic (exact) mass is 348 g/mol. The van der Waals surface area contributed by atoms with Gasteiger partial charge < -0.3 is 10.2 Å². The number of aliphatic carboxylic acids is 2. The number of hydrogen-bond acceptors (Lipinski definition) is 4. The number of anilines is 1. The summed E-state index contributed by atoms with van der Waals surface area (Å²) in [7, 11) is 0. The summed E-state index contributed by atoms with van der Waals surface area (Å²) in [5.41, 5.74) is 2.52. The van der Waals surface area contributed by atoms with Gasteiger partial charge in [-0.2, -0.15) is 0 Å². The van der Waals surface area contributed by atoms with Crippen molar-refractivity contribution in [2.75, 3.05) is 5.01 Å². The molecule has 134 valence electrons. The summed E-state index contributed by atoms with van der Waals surface area (Å²) in [5, 5.41) is 17.1. The van der Waals surface area contributed by atoms with Crippen LogP contribution in [0.1, 0.15) is 26.2 Å². The second-order valence-electron chi connectivity index (χ2n) is 5.27. The summed E-state index contributed by atoms with van der Waals surface area (Å²) < 4.78 is 0. The highest BCUT2D eigenvalue weighted by Gasteiger charge is 2.39. The van der Waals surface area contributed by atoms with Crippen LogP contribution in [0.15, 0.2) is 42.5 Å². The summed E-state index contributed by atoms with van der Waals surface area (Å²) in [6.45, 7) is 4.80. The van der Waals surface area contributed by atoms with Crippen LogP contribution in [0.5, 0.6) is 0 Å². The first-order chi connectivity index (χ1) is 11.8. The molecule has 0 saturated carbocycles. The number of carbonyl (C=O) groups is 4. The predicted molar refractivity (Wildman–Crippen MR) is 89.5 cm³/mol. The fourth-order valence-corrected chi connectivity index (χ4v) is 2.03. The minimum absolute atomic E-state index is 0.144. The molecule has 1 aromatic rings. The Morgan fingerprint density at radius 1 is 1.16 bits per heavy atom. The lowest BCUT2D eigenvalue weighted by Crippen LogP contribution is -2.35. The van der Waals surface area contributed by atoms with E-state index in [1.165, 1.54) is 5.01 Å². The lowest BCUT2D eigenvalue weighted by molar-refractivity contribution is -0.140. The number of hydrazine groups is 1. The van der Waals surface area contributed by atoms with Gasteiger partial charge in [0.2, 0.25) is 0 Å². The van der Waals surface area contributed by atoms with Crippen molar-refractivity contribution >= 4 is 29.4 Å². The molecule has 2 amide bonds. The van der Waals surface area contributed by atoms with Crippen LogP contribution in [0.25, 0.3) is 0 Å². The molecule has 0 bridgehead atoms. The molecule has 0 spiro atoms. The summed E-state index contributed by atoms with van der Waals surface area (Å²) >= 11 is 0. The van der Waals surface area contributed by atoms with Crippen LogP contribution in [-0.2, 0) is 19.2 Å². The number of nitrogens with one attached hydrogen (secondary N) is 1. The van der Waals surface area contributed by atoms with Gasteiger partial charge in [-0.05, 0) is 18.6 Å². The van der Waals surface area contributed by atoms with E-state index < -0.39 is 23.4 Å². The fraction of sp³-hybridized carbons (Fsp3) is 0.294. The molecule has 0 aromatic heterocycles. The molecular formula is C17H20N2O6. The van der Waals surface area contributed by atoms with Crippen LogP contribution in [0.4, 0.5) is 5.69 Å². The lowest BCUT2D eigenvalue weighted by atomic mass is 10.0. The quantitative estimate of drug-likeness (QED) is 0.407. The van der Waals surface area contributed by atoms with E-state index >= 15 is 0 Å². The van der Waals surface area contributed by atoms with Gasteiger partial charge in [0.1, 0.15) is 11.5 Å². The summed E-state index contributed by atoms with van der Waals surface area (Å²) in [4.78, 5) is 43.1. The van der Waals surface area contributed by atoms with Gasteiger partial charge in [0.05, 0.1) is 5.69 Å². The molecule has 1 aliphatic heterocycles. The van der Waals surface area contributed by atoms with Gasteiger partial charge in [-0.25, -0.2) is 14.6 Å². The SMILES string of the molecule is C=C(C(=O)O)C(=O)O.CCCCC1C(=O)NN(c2ccccc2)C1=O. The third-order valence-corrected chi connectivity index (χ3v) is 3.43. The highest BCUT2D eigenvalue weighted by atomic mass is 16.4. The third-order valence-electron chi connectivity index (χ3n) is 3.43. The maximum absolute atomic E-state index is 12.1. The number of para-hydroxylation sites is 1. The Morgan fingerprint density at radius 3 is 2.16 bits per heavy atom. The Labute approximate surface area is 144 Å². The van der Waals surface area contributed by atoms with Crippen molar-refractivity contribution in [3.05, 3.63) is 42.5 Å². The number of benzene rings is 1. The van der Waals surface area contributed by atoms with Gasteiger partial charge in [-0.15, -0.1) is 0 Å². The number of nitrogens with zero attached hydrogens (tertiary/aromatic N) is 1. The molecule has 2 rings (SSSR count). The molecular weight excluding hydrogens is 328 g/mol. The molecule has 1 heterocycles. The molecule has 3 N–H and O–H groups in total. The van der Waals surface area contributed by atoms with Crippen LogP contribution in [0, 0.1) is 5.92 Å². The molecule has 1 unspecified atom stereocenters. The number of carboxylic acids is 2. The van der Waals surface area contributed by atoms with Gasteiger partial charge in [0.15, 0.2) is 0 Å². The zero-order valence-corrected chi connectivity index (χ0v) is 13.8. The average Bonchev–Trinajstić information content (AvgIpc) is 2.87. The number of unbranched alkanes of at least 4 members (excludes halogenated alkanes) is 1. The highest BCUT2D eigenvalue weighted by Crippen LogP contribution is 2.22. The van der Waals surface area contributed by atoms with Gasteiger partial charge in [-0.3, -0.25) is 15.0 Å². The number of amides is 2. The molecule has 1 atom stereocenters. The molecule has 25 heavy (non-hydrogen) atoms. The largest absolute Gasteiger partial charge is 0.477 e. The number of rotatable bonds is 6. The van der Waals surface area contributed by atoms with Crippen LogP contribution in [0.2, 0.25) is 0 Å².